The Morgan fingerprint density at radius 1 is 1.03 bits per heavy atom. The van der Waals surface area contributed by atoms with Gasteiger partial charge in [0.15, 0.2) is 11.9 Å². The van der Waals surface area contributed by atoms with Crippen molar-refractivity contribution < 1.29 is 23.8 Å². The van der Waals surface area contributed by atoms with E-state index >= 15 is 0 Å². The molecule has 2 aromatic heterocycles. The highest BCUT2D eigenvalue weighted by Gasteiger charge is 2.41. The minimum atomic E-state index is -0.723. The second kappa shape index (κ2) is 11.4. The number of aromatic nitrogens is 4. The third kappa shape index (κ3) is 5.74. The van der Waals surface area contributed by atoms with Crippen molar-refractivity contribution in [3.63, 3.8) is 0 Å². The number of nitrogen functional groups attached to an aromatic ring is 1. The minimum absolute atomic E-state index is 0.109. The first-order valence-electron chi connectivity index (χ1n) is 12.6. The summed E-state index contributed by atoms with van der Waals surface area (Å²) in [6.07, 6.45) is -0.399. The fraction of sp³-hybridized carbons (Fsp3) is 0.321. The van der Waals surface area contributed by atoms with Gasteiger partial charge < -0.3 is 19.9 Å². The van der Waals surface area contributed by atoms with E-state index in [0.717, 1.165) is 16.9 Å². The molecule has 3 atom stereocenters. The number of ether oxygens (including phenoxy) is 3. The van der Waals surface area contributed by atoms with E-state index in [-0.39, 0.29) is 13.0 Å². The summed E-state index contributed by atoms with van der Waals surface area (Å²) in [5, 5.41) is 6.05. The lowest BCUT2D eigenvalue weighted by Gasteiger charge is -2.19. The number of nitrogens with two attached hydrogens (primary N) is 1. The number of carbonyl (C=O) groups is 2. The number of rotatable bonds is 8. The normalized spacial score (nSPS) is 18.8. The molecule has 4 aromatic rings. The molecule has 5 rings (SSSR count). The number of nitrogens with zero attached hydrogens (tertiary/aromatic N) is 4. The second-order valence-corrected chi connectivity index (χ2v) is 10.5. The van der Waals surface area contributed by atoms with Crippen molar-refractivity contribution in [2.24, 2.45) is 0 Å². The number of hydrogen-bond acceptors (Lipinski definition) is 10. The molecule has 0 saturated carbocycles. The molecular formula is C28H29N5O5S. The van der Waals surface area contributed by atoms with Crippen LogP contribution in [0.4, 0.5) is 5.82 Å². The molecule has 1 saturated heterocycles. The zero-order valence-electron chi connectivity index (χ0n) is 21.9. The molecule has 0 unspecified atom stereocenters. The molecule has 1 aliphatic rings. The van der Waals surface area contributed by atoms with Crippen LogP contribution in [-0.2, 0) is 14.2 Å². The van der Waals surface area contributed by atoms with Crippen LogP contribution in [0.2, 0.25) is 0 Å². The van der Waals surface area contributed by atoms with Crippen molar-refractivity contribution in [2.75, 3.05) is 18.1 Å². The van der Waals surface area contributed by atoms with Gasteiger partial charge in [-0.1, -0.05) is 42.3 Å². The van der Waals surface area contributed by atoms with E-state index in [0.29, 0.717) is 33.0 Å². The quantitative estimate of drug-likeness (QED) is 0.248. The summed E-state index contributed by atoms with van der Waals surface area (Å²) in [6, 6.07) is 14.2. The Labute approximate surface area is 229 Å². The zero-order chi connectivity index (χ0) is 27.5. The van der Waals surface area contributed by atoms with E-state index in [2.05, 4.69) is 9.97 Å². The highest BCUT2D eigenvalue weighted by molar-refractivity contribution is 7.99. The first kappa shape index (κ1) is 26.6. The highest BCUT2D eigenvalue weighted by Crippen LogP contribution is 2.37. The Morgan fingerprint density at radius 2 is 1.67 bits per heavy atom. The average molecular weight is 548 g/mol. The third-order valence-corrected chi connectivity index (χ3v) is 7.28. The largest absolute Gasteiger partial charge is 0.459 e. The molecule has 0 amide bonds. The number of thioether (sulfide) groups is 1. The third-order valence-electron chi connectivity index (χ3n) is 6.43. The smallest absolute Gasteiger partial charge is 0.338 e. The van der Waals surface area contributed by atoms with Crippen molar-refractivity contribution in [3.8, 4) is 0 Å². The predicted molar refractivity (Wildman–Crippen MR) is 147 cm³/mol. The summed E-state index contributed by atoms with van der Waals surface area (Å²) in [6.45, 7) is 5.79. The van der Waals surface area contributed by atoms with Crippen LogP contribution in [0.15, 0.2) is 59.9 Å². The summed E-state index contributed by atoms with van der Waals surface area (Å²) < 4.78 is 19.4. The number of aryl methyl sites for hydroxylation is 2. The summed E-state index contributed by atoms with van der Waals surface area (Å²) in [4.78, 5) is 34.2. The lowest BCUT2D eigenvalue weighted by atomic mass is 10.1. The first-order chi connectivity index (χ1) is 18.8. The van der Waals surface area contributed by atoms with Crippen molar-refractivity contribution in [1.29, 1.82) is 0 Å². The maximum Gasteiger partial charge on any atom is 0.338 e. The molecule has 202 valence electrons. The zero-order valence-corrected chi connectivity index (χ0v) is 22.7. The van der Waals surface area contributed by atoms with Crippen LogP contribution in [-0.4, -0.2) is 56.3 Å². The van der Waals surface area contributed by atoms with Gasteiger partial charge >= 0.3 is 11.9 Å². The average Bonchev–Trinajstić information content (AvgIpc) is 3.50. The van der Waals surface area contributed by atoms with Crippen LogP contribution in [0.3, 0.4) is 0 Å². The van der Waals surface area contributed by atoms with Gasteiger partial charge in [-0.15, -0.1) is 11.8 Å². The number of hydrogen-bond donors (Lipinski definition) is 1. The predicted octanol–water partition coefficient (Wildman–Crippen LogP) is 4.51. The van der Waals surface area contributed by atoms with Gasteiger partial charge in [-0.05, 0) is 43.9 Å². The molecule has 10 nitrogen and oxygen atoms in total. The number of esters is 2. The van der Waals surface area contributed by atoms with E-state index in [9.17, 15) is 9.59 Å². The van der Waals surface area contributed by atoms with Gasteiger partial charge in [-0.25, -0.2) is 24.2 Å². The van der Waals surface area contributed by atoms with Crippen molar-refractivity contribution in [3.05, 3.63) is 77.1 Å². The van der Waals surface area contributed by atoms with Crippen LogP contribution < -0.4 is 5.73 Å². The molecule has 11 heteroatoms. The summed E-state index contributed by atoms with van der Waals surface area (Å²) in [5.41, 5.74) is 9.59. The topological polar surface area (TPSA) is 131 Å². The molecule has 1 aliphatic heterocycles. The highest BCUT2D eigenvalue weighted by atomic mass is 32.2. The number of benzene rings is 2. The molecule has 0 radical (unpaired) electrons. The standard InChI is InChI=1S/C28H29N5O5S/c1-4-39-26-23-24(29)30-15-31-25(23)33(32-26)22-13-20(38-28(35)19-11-7-17(3)8-12-19)21(37-22)14-36-27(34)18-9-5-16(2)6-10-18/h5-12,15,20-22H,4,13-14H2,1-3H3,(H2,29,30,31)/t20-,21+,22+/m0/s1. The molecular weight excluding hydrogens is 518 g/mol. The van der Waals surface area contributed by atoms with Gasteiger partial charge in [-0.3, -0.25) is 0 Å². The van der Waals surface area contributed by atoms with Crippen LogP contribution in [0.5, 0.6) is 0 Å². The molecule has 0 spiro atoms. The molecule has 2 aromatic carbocycles. The Kier molecular flexibility index (Phi) is 7.80. The van der Waals surface area contributed by atoms with Crippen LogP contribution in [0.25, 0.3) is 11.0 Å². The molecule has 0 aliphatic carbocycles. The van der Waals surface area contributed by atoms with Crippen molar-refractivity contribution in [2.45, 2.75) is 50.7 Å². The monoisotopic (exact) mass is 547 g/mol. The van der Waals surface area contributed by atoms with E-state index in [1.807, 2.05) is 45.0 Å². The summed E-state index contributed by atoms with van der Waals surface area (Å²) in [7, 11) is 0. The van der Waals surface area contributed by atoms with Crippen molar-refractivity contribution in [1.82, 2.24) is 19.7 Å². The Hall–Kier alpha value is -3.96. The van der Waals surface area contributed by atoms with Crippen LogP contribution in [0.1, 0.15) is 51.4 Å². The summed E-state index contributed by atoms with van der Waals surface area (Å²) >= 11 is 1.52. The van der Waals surface area contributed by atoms with Crippen LogP contribution in [0, 0.1) is 13.8 Å². The Balaban J connectivity index is 1.40. The van der Waals surface area contributed by atoms with E-state index in [1.54, 1.807) is 28.9 Å². The fourth-order valence-corrected chi connectivity index (χ4v) is 5.11. The Morgan fingerprint density at radius 3 is 2.31 bits per heavy atom. The molecule has 0 bridgehead atoms. The molecule has 2 N–H and O–H groups in total. The molecule has 39 heavy (non-hydrogen) atoms. The lowest BCUT2D eigenvalue weighted by Crippen LogP contribution is -2.32. The minimum Gasteiger partial charge on any atom is -0.459 e. The summed E-state index contributed by atoms with van der Waals surface area (Å²) in [5.74, 6) is 0.127. The van der Waals surface area contributed by atoms with E-state index in [4.69, 9.17) is 25.0 Å². The molecule has 3 heterocycles. The maximum atomic E-state index is 13.0. The number of carbonyl (C=O) groups excluding carboxylic acids is 2. The second-order valence-electron chi connectivity index (χ2n) is 9.28. The van der Waals surface area contributed by atoms with Crippen molar-refractivity contribution >= 4 is 40.6 Å². The van der Waals surface area contributed by atoms with Gasteiger partial charge in [0.25, 0.3) is 0 Å². The lowest BCUT2D eigenvalue weighted by molar-refractivity contribution is -0.0592. The van der Waals surface area contributed by atoms with Gasteiger partial charge in [0.2, 0.25) is 0 Å². The molecule has 1 fully saturated rings. The number of fused-ring (bicyclic) bond motifs is 1. The van der Waals surface area contributed by atoms with Crippen LogP contribution >= 0.6 is 11.8 Å². The fourth-order valence-electron chi connectivity index (χ4n) is 4.35. The first-order valence-corrected chi connectivity index (χ1v) is 13.6. The Bertz CT molecular complexity index is 1490. The maximum absolute atomic E-state index is 13.0. The van der Waals surface area contributed by atoms with Gasteiger partial charge in [0.05, 0.1) is 16.5 Å². The van der Waals surface area contributed by atoms with E-state index in [1.165, 1.54) is 18.1 Å². The van der Waals surface area contributed by atoms with E-state index < -0.39 is 30.4 Å². The SMILES string of the molecule is CCSc1nn([C@H]2C[C@H](OC(=O)c3ccc(C)cc3)[C@@H](COC(=O)c3ccc(C)cc3)O2)c2ncnc(N)c12. The number of anilines is 1. The van der Waals surface area contributed by atoms with Gasteiger partial charge in [-0.2, -0.15) is 5.10 Å². The van der Waals surface area contributed by atoms with Gasteiger partial charge in [0, 0.05) is 6.42 Å². The van der Waals surface area contributed by atoms with Gasteiger partial charge in [0.1, 0.15) is 36.0 Å².